The molecule has 7 aromatic rings. The second-order valence-corrected chi connectivity index (χ2v) is 41.3. The van der Waals surface area contributed by atoms with Gasteiger partial charge in [0.1, 0.15) is 28.9 Å². The van der Waals surface area contributed by atoms with Gasteiger partial charge < -0.3 is 77.4 Å². The molecule has 2 aliphatic heterocycles. The highest BCUT2D eigenvalue weighted by Crippen LogP contribution is 2.65. The Labute approximate surface area is 654 Å². The summed E-state index contributed by atoms with van der Waals surface area (Å²) in [6, 6.07) is 16.0. The Morgan fingerprint density at radius 2 is 0.554 bits per heavy atom. The van der Waals surface area contributed by atoms with Crippen LogP contribution in [0, 0.1) is 0 Å². The number of rotatable bonds is 48. The maximum absolute atomic E-state index is 16.1. The van der Waals surface area contributed by atoms with Crippen LogP contribution in [0.1, 0.15) is 150 Å². The van der Waals surface area contributed by atoms with Crippen molar-refractivity contribution in [3.8, 4) is 45.6 Å². The van der Waals surface area contributed by atoms with Crippen molar-refractivity contribution in [2.75, 3.05) is 106 Å². The fraction of sp³-hybridized carbons (Fsp3) is 0.556. The lowest BCUT2D eigenvalue weighted by Gasteiger charge is -2.28. The van der Waals surface area contributed by atoms with Crippen molar-refractivity contribution in [2.24, 2.45) is 0 Å². The SMILES string of the molecule is CCOP(=O)(Cc1cc2c(c(CP(=O)(OCC)OCC)c1CP(=O)(OCC)OCC)-c1nc-2nc2c3ccccc3c(nc3nc(nc4[nH]c(n1)c1c(CP(=O)(OCC)OCC)c(CP(=O)(OCC)OCC)c(CP(=O)(OCC)OCC)c(CP(=O)(OCC)OCC)c41)-c1ccccc1-3)n2CP(=O)(OCC)OCC)OCC. The fourth-order valence-corrected chi connectivity index (χ4v) is 28.0. The number of nitrogens with zero attached hydrogens (tertiary/aromatic N) is 7. The third kappa shape index (κ3) is 21.1. The first-order valence-corrected chi connectivity index (χ1v) is 51.8. The lowest BCUT2D eigenvalue weighted by Crippen LogP contribution is -2.13. The van der Waals surface area contributed by atoms with Crippen molar-refractivity contribution >= 4 is 105 Å². The van der Waals surface area contributed by atoms with Gasteiger partial charge in [-0.1, -0.05) is 48.5 Å². The van der Waals surface area contributed by atoms with Crippen molar-refractivity contribution < 1.29 is 109 Å². The third-order valence-electron chi connectivity index (χ3n) is 17.4. The number of H-pyrrole nitrogens is 1. The molecule has 0 atom stereocenters. The number of aromatic amines is 1. The van der Waals surface area contributed by atoms with Crippen molar-refractivity contribution in [3.05, 3.63) is 93.5 Å². The summed E-state index contributed by atoms with van der Waals surface area (Å²) in [5.74, 6) is -0.271. The molecule has 3 aromatic heterocycles. The largest absolute Gasteiger partial charge is 0.350 e. The average Bonchev–Trinajstić information content (AvgIpc) is 1.51. The molecule has 9 rings (SSSR count). The number of hydrogen-bond acceptors (Lipinski definition) is 30. The number of nitrogens with one attached hydrogen (secondary N) is 1. The summed E-state index contributed by atoms with van der Waals surface area (Å²) in [4.78, 5) is 36.3. The highest BCUT2D eigenvalue weighted by Gasteiger charge is 2.43. The Morgan fingerprint density at radius 3 is 0.902 bits per heavy atom. The van der Waals surface area contributed by atoms with E-state index in [-0.39, 0.29) is 212 Å². The van der Waals surface area contributed by atoms with Crippen LogP contribution >= 0.6 is 60.8 Å². The summed E-state index contributed by atoms with van der Waals surface area (Å²) in [7, 11) is -35.1. The van der Waals surface area contributed by atoms with Crippen molar-refractivity contribution in [1.29, 1.82) is 0 Å². The minimum atomic E-state index is -4.50. The van der Waals surface area contributed by atoms with E-state index in [9.17, 15) is 0 Å². The highest BCUT2D eigenvalue weighted by atomic mass is 31.2. The highest BCUT2D eigenvalue weighted by molar-refractivity contribution is 7.55. The Bertz CT molecular complexity index is 5020. The number of aromatic nitrogens is 8. The van der Waals surface area contributed by atoms with Crippen LogP contribution < -0.4 is 0 Å². The van der Waals surface area contributed by atoms with Gasteiger partial charge in [-0.05, 0) is 156 Å². The molecule has 0 saturated heterocycles. The predicted molar refractivity (Wildman–Crippen MR) is 432 cm³/mol. The van der Waals surface area contributed by atoms with E-state index in [0.717, 1.165) is 0 Å². The quantitative estimate of drug-likeness (QED) is 0.0346. The molecule has 8 bridgehead atoms. The number of benzene rings is 4. The van der Waals surface area contributed by atoms with Crippen LogP contribution in [0.15, 0.2) is 54.6 Å². The van der Waals surface area contributed by atoms with E-state index in [1.807, 2.05) is 0 Å². The van der Waals surface area contributed by atoms with Gasteiger partial charge >= 0.3 is 60.8 Å². The summed E-state index contributed by atoms with van der Waals surface area (Å²) in [5, 5.41) is 0.958. The van der Waals surface area contributed by atoms with Gasteiger partial charge in [0, 0.05) is 43.8 Å². The Kier molecular flexibility index (Phi) is 32.8. The Hall–Kier alpha value is -4.56. The normalized spacial score (nSPS) is 13.3. The molecule has 40 heteroatoms. The first-order chi connectivity index (χ1) is 53.6. The zero-order chi connectivity index (χ0) is 81.5. The summed E-state index contributed by atoms with van der Waals surface area (Å²) in [5.41, 5.74) is 1.40. The molecule has 0 spiro atoms. The molecule has 4 aromatic carbocycles. The third-order valence-corrected chi connectivity index (χ3v) is 33.4. The molecule has 0 unspecified atom stereocenters. The minimum Gasteiger partial charge on any atom is -0.324 e. The molecular weight excluding hydrogens is 1610 g/mol. The smallest absolute Gasteiger partial charge is 0.324 e. The van der Waals surface area contributed by atoms with E-state index in [4.69, 9.17) is 102 Å². The zero-order valence-corrected chi connectivity index (χ0v) is 73.8. The van der Waals surface area contributed by atoms with Crippen LogP contribution in [0.2, 0.25) is 0 Å². The standard InChI is InChI=1S/C72H106N8O24P8/c1-17-89-105(81,90-18-2)42-50-41-55-62(59(46-109(85,97-25-9)98-26-10)56(50)43-106(82,91-19-3)92-20-4)68-75-67(55)79-72-54-40-36-35-39-53(54)71(80(72)49-112(88,103-31-15)104-32-16)78-66-52-38-34-33-37-51(52)65(73-66)74-69-63-60(47-110(86,99-27-11)100-28-12)57(44-107(83,93-21-5)94-22-6)58(45-108(84,95-23-7)96-24-8)61(64(63)70(76-68)77-69)48-111(87,101-29-13)102-30-14/h33-41H,17-32,42-49H2,1-16H3,(H,73,74,75,76,77,78,79). The molecule has 32 nitrogen and oxygen atoms in total. The second kappa shape index (κ2) is 40.3. The Balaban J connectivity index is 1.75. The second-order valence-electron chi connectivity index (χ2n) is 24.9. The molecule has 618 valence electrons. The fourth-order valence-electron chi connectivity index (χ4n) is 13.8. The first kappa shape index (κ1) is 91.3. The van der Waals surface area contributed by atoms with E-state index in [0.29, 0.717) is 21.9 Å². The molecule has 5 heterocycles. The van der Waals surface area contributed by atoms with Gasteiger partial charge in [-0.3, -0.25) is 41.1 Å². The lowest BCUT2D eigenvalue weighted by molar-refractivity contribution is 0.214. The van der Waals surface area contributed by atoms with E-state index < -0.39 is 110 Å². The summed E-state index contributed by atoms with van der Waals surface area (Å²) >= 11 is 0. The molecule has 0 amide bonds. The van der Waals surface area contributed by atoms with Crippen LogP contribution in [0.25, 0.3) is 89.7 Å². The first-order valence-electron chi connectivity index (χ1n) is 38.0. The molecule has 0 saturated carbocycles. The van der Waals surface area contributed by atoms with Crippen LogP contribution in [0.5, 0.6) is 0 Å². The van der Waals surface area contributed by atoms with Crippen molar-refractivity contribution in [2.45, 2.75) is 160 Å². The van der Waals surface area contributed by atoms with Gasteiger partial charge in [0.05, 0.1) is 149 Å². The molecule has 112 heavy (non-hydrogen) atoms. The van der Waals surface area contributed by atoms with Crippen molar-refractivity contribution in [3.63, 3.8) is 0 Å². The molecule has 1 N–H and O–H groups in total. The molecular formula is C72H106N8O24P8. The van der Waals surface area contributed by atoms with Crippen LogP contribution in [-0.2, 0) is 158 Å². The number of fused-ring (bicyclic) bond motifs is 20. The molecule has 0 aliphatic carbocycles. The molecule has 2 aliphatic rings. The van der Waals surface area contributed by atoms with Gasteiger partial charge in [0.15, 0.2) is 23.3 Å². The summed E-state index contributed by atoms with van der Waals surface area (Å²) in [6.07, 6.45) is -4.91. The van der Waals surface area contributed by atoms with Gasteiger partial charge in [-0.15, -0.1) is 0 Å². The summed E-state index contributed by atoms with van der Waals surface area (Å²) in [6.45, 7) is 24.4. The number of hydrogen-bond donors (Lipinski definition) is 1. The molecule has 0 fully saturated rings. The summed E-state index contributed by atoms with van der Waals surface area (Å²) < 4.78 is 227. The Morgan fingerprint density at radius 1 is 0.286 bits per heavy atom. The van der Waals surface area contributed by atoms with Crippen LogP contribution in [0.3, 0.4) is 0 Å². The van der Waals surface area contributed by atoms with Crippen LogP contribution in [0.4, 0.5) is 0 Å². The van der Waals surface area contributed by atoms with E-state index >= 15 is 36.5 Å². The maximum atomic E-state index is 16.1. The van der Waals surface area contributed by atoms with Crippen molar-refractivity contribution in [1.82, 2.24) is 39.5 Å². The van der Waals surface area contributed by atoms with Gasteiger partial charge in [-0.25, -0.2) is 29.9 Å². The van der Waals surface area contributed by atoms with E-state index in [1.54, 1.807) is 170 Å². The average molecular weight is 1720 g/mol. The van der Waals surface area contributed by atoms with Gasteiger partial charge in [-0.2, -0.15) is 0 Å². The van der Waals surface area contributed by atoms with E-state index in [2.05, 4.69) is 4.98 Å². The van der Waals surface area contributed by atoms with Gasteiger partial charge in [0.25, 0.3) is 0 Å². The van der Waals surface area contributed by atoms with Crippen LogP contribution in [-0.4, -0.2) is 145 Å². The monoisotopic (exact) mass is 1710 g/mol. The topological polar surface area (TPSA) is 382 Å². The zero-order valence-electron chi connectivity index (χ0n) is 66.7. The maximum Gasteiger partial charge on any atom is 0.350 e. The lowest BCUT2D eigenvalue weighted by atomic mass is 9.93. The predicted octanol–water partition coefficient (Wildman–Crippen LogP) is 20.9. The minimum absolute atomic E-state index is 0.000413. The van der Waals surface area contributed by atoms with Gasteiger partial charge in [0.2, 0.25) is 0 Å². The van der Waals surface area contributed by atoms with E-state index in [1.165, 1.54) is 0 Å². The molecule has 0 radical (unpaired) electrons.